The lowest BCUT2D eigenvalue weighted by atomic mass is 10.1. The van der Waals surface area contributed by atoms with Gasteiger partial charge in [-0.2, -0.15) is 0 Å². The van der Waals surface area contributed by atoms with Crippen molar-refractivity contribution >= 4 is 28.1 Å². The Balaban J connectivity index is 1.17. The number of nitrogens with zero attached hydrogens (tertiary/aromatic N) is 2. The first-order chi connectivity index (χ1) is 15.7. The van der Waals surface area contributed by atoms with Gasteiger partial charge < -0.3 is 15.4 Å². The molecule has 0 bridgehead atoms. The van der Waals surface area contributed by atoms with E-state index in [1.54, 1.807) is 7.11 Å². The molecule has 0 saturated heterocycles. The van der Waals surface area contributed by atoms with Crippen molar-refractivity contribution in [2.75, 3.05) is 12.4 Å². The zero-order valence-electron chi connectivity index (χ0n) is 18.5. The molecule has 1 aliphatic rings. The number of ether oxygens (including phenoxy) is 1. The third kappa shape index (κ3) is 4.61. The molecule has 6 heteroatoms. The molecule has 3 aromatic heterocycles. The number of aryl methyl sites for hydroxylation is 1. The van der Waals surface area contributed by atoms with E-state index in [0.29, 0.717) is 12.1 Å². The summed E-state index contributed by atoms with van der Waals surface area (Å²) in [7, 11) is 1.70. The summed E-state index contributed by atoms with van der Waals surface area (Å²) < 4.78 is 5.35. The van der Waals surface area contributed by atoms with Crippen LogP contribution in [-0.2, 0) is 6.54 Å². The van der Waals surface area contributed by atoms with E-state index < -0.39 is 0 Å². The van der Waals surface area contributed by atoms with E-state index >= 15 is 0 Å². The average molecular weight is 445 g/mol. The molecule has 0 unspecified atom stereocenters. The molecule has 5 nitrogen and oxygen atoms in total. The summed E-state index contributed by atoms with van der Waals surface area (Å²) in [6.45, 7) is 3.04. The van der Waals surface area contributed by atoms with Crippen LogP contribution in [0.3, 0.4) is 0 Å². The largest absolute Gasteiger partial charge is 0.497 e. The van der Waals surface area contributed by atoms with Crippen molar-refractivity contribution in [2.24, 2.45) is 0 Å². The first-order valence-electron chi connectivity index (χ1n) is 11.1. The van der Waals surface area contributed by atoms with Gasteiger partial charge in [0, 0.05) is 35.1 Å². The lowest BCUT2D eigenvalue weighted by Crippen LogP contribution is -2.27. The van der Waals surface area contributed by atoms with Gasteiger partial charge >= 0.3 is 0 Å². The van der Waals surface area contributed by atoms with Crippen LogP contribution in [0.1, 0.15) is 29.7 Å². The Bertz CT molecular complexity index is 1210. The molecule has 164 valence electrons. The lowest BCUT2D eigenvalue weighted by molar-refractivity contribution is 0.415. The van der Waals surface area contributed by atoms with Crippen molar-refractivity contribution in [3.63, 3.8) is 0 Å². The quantitative estimate of drug-likeness (QED) is 0.377. The first kappa shape index (κ1) is 20.9. The predicted octanol–water partition coefficient (Wildman–Crippen LogP) is 5.80. The minimum absolute atomic E-state index is 0.447. The van der Waals surface area contributed by atoms with E-state index in [1.165, 1.54) is 21.7 Å². The molecule has 1 aliphatic carbocycles. The normalized spacial score (nSPS) is 18.2. The van der Waals surface area contributed by atoms with Gasteiger partial charge in [0.25, 0.3) is 0 Å². The van der Waals surface area contributed by atoms with E-state index in [2.05, 4.69) is 52.9 Å². The Labute approximate surface area is 192 Å². The van der Waals surface area contributed by atoms with Gasteiger partial charge in [-0.15, -0.1) is 11.3 Å². The van der Waals surface area contributed by atoms with E-state index in [-0.39, 0.29) is 0 Å². The highest BCUT2D eigenvalue weighted by atomic mass is 32.1. The zero-order chi connectivity index (χ0) is 21.9. The third-order valence-electron chi connectivity index (χ3n) is 6.15. The summed E-state index contributed by atoms with van der Waals surface area (Å²) in [5, 5.41) is 8.56. The molecule has 2 atom stereocenters. The van der Waals surface area contributed by atoms with E-state index in [1.807, 2.05) is 41.8 Å². The second-order valence-electron chi connectivity index (χ2n) is 8.42. The minimum Gasteiger partial charge on any atom is -0.497 e. The number of hydrogen-bond donors (Lipinski definition) is 2. The Morgan fingerprint density at radius 3 is 2.81 bits per heavy atom. The molecule has 1 fully saturated rings. The summed E-state index contributed by atoms with van der Waals surface area (Å²) in [6.07, 6.45) is 5.30. The maximum atomic E-state index is 5.35. The third-order valence-corrected chi connectivity index (χ3v) is 7.26. The lowest BCUT2D eigenvalue weighted by Gasteiger charge is -2.16. The summed E-state index contributed by atoms with van der Waals surface area (Å²) in [4.78, 5) is 11.9. The highest BCUT2D eigenvalue weighted by Gasteiger charge is 2.24. The standard InChI is InChI=1S/C26H28N4OS/c1-17-13-26(30-23-10-8-20(31-2)15-22(17)23)29-19-7-6-18(14-19)28-16-21-9-11-25(32-21)24-5-3-4-12-27-24/h3-5,8-13,15,18-19,28H,6-7,14,16H2,1-2H3,(H,29,30)/t18-,19-/m0/s1. The molecule has 0 spiro atoms. The molecule has 1 aromatic carbocycles. The van der Waals surface area contributed by atoms with Crippen LogP contribution in [0, 0.1) is 6.92 Å². The number of thiophene rings is 1. The molecule has 2 N–H and O–H groups in total. The number of benzene rings is 1. The van der Waals surface area contributed by atoms with Crippen LogP contribution in [-0.4, -0.2) is 29.2 Å². The molecule has 0 amide bonds. The molecule has 1 saturated carbocycles. The van der Waals surface area contributed by atoms with E-state index in [0.717, 1.165) is 47.6 Å². The Morgan fingerprint density at radius 2 is 1.97 bits per heavy atom. The van der Waals surface area contributed by atoms with Gasteiger partial charge in [-0.1, -0.05) is 6.07 Å². The molecule has 5 rings (SSSR count). The number of rotatable bonds is 7. The van der Waals surface area contributed by atoms with E-state index in [9.17, 15) is 0 Å². The maximum Gasteiger partial charge on any atom is 0.127 e. The van der Waals surface area contributed by atoms with Gasteiger partial charge in [0.1, 0.15) is 11.6 Å². The topological polar surface area (TPSA) is 59.1 Å². The summed E-state index contributed by atoms with van der Waals surface area (Å²) in [5.74, 6) is 1.83. The van der Waals surface area contributed by atoms with Gasteiger partial charge in [0.05, 0.1) is 23.2 Å². The van der Waals surface area contributed by atoms with Crippen molar-refractivity contribution in [1.29, 1.82) is 0 Å². The van der Waals surface area contributed by atoms with Gasteiger partial charge in [-0.05, 0) is 80.3 Å². The fourth-order valence-corrected chi connectivity index (χ4v) is 5.38. The first-order valence-corrected chi connectivity index (χ1v) is 11.9. The second-order valence-corrected chi connectivity index (χ2v) is 9.59. The number of fused-ring (bicyclic) bond motifs is 1. The Kier molecular flexibility index (Phi) is 6.06. The fraction of sp³-hybridized carbons (Fsp3) is 0.308. The number of aromatic nitrogens is 2. The smallest absolute Gasteiger partial charge is 0.127 e. The number of methoxy groups -OCH3 is 1. The van der Waals surface area contributed by atoms with Crippen molar-refractivity contribution in [3.05, 3.63) is 71.2 Å². The van der Waals surface area contributed by atoms with Crippen molar-refractivity contribution in [1.82, 2.24) is 15.3 Å². The highest BCUT2D eigenvalue weighted by molar-refractivity contribution is 7.15. The van der Waals surface area contributed by atoms with Crippen molar-refractivity contribution in [3.8, 4) is 16.3 Å². The van der Waals surface area contributed by atoms with E-state index in [4.69, 9.17) is 9.72 Å². The molecule has 0 radical (unpaired) electrons. The average Bonchev–Trinajstić information content (AvgIpc) is 3.48. The monoisotopic (exact) mass is 444 g/mol. The zero-order valence-corrected chi connectivity index (χ0v) is 19.3. The summed E-state index contributed by atoms with van der Waals surface area (Å²) in [6, 6.07) is 19.6. The highest BCUT2D eigenvalue weighted by Crippen LogP contribution is 2.29. The molecular weight excluding hydrogens is 416 g/mol. The molecule has 32 heavy (non-hydrogen) atoms. The SMILES string of the molecule is COc1ccc2nc(N[C@H]3CC[C@H](NCc4ccc(-c5ccccn5)s4)C3)cc(C)c2c1. The summed E-state index contributed by atoms with van der Waals surface area (Å²) in [5.41, 5.74) is 3.26. The van der Waals surface area contributed by atoms with Crippen LogP contribution in [0.25, 0.3) is 21.5 Å². The molecular formula is C26H28N4OS. The minimum atomic E-state index is 0.447. The second kappa shape index (κ2) is 9.27. The molecule has 4 aromatic rings. The van der Waals surface area contributed by atoms with Gasteiger partial charge in [0.15, 0.2) is 0 Å². The fourth-order valence-electron chi connectivity index (χ4n) is 4.45. The number of nitrogens with one attached hydrogen (secondary N) is 2. The molecule has 3 heterocycles. The van der Waals surface area contributed by atoms with Gasteiger partial charge in [-0.25, -0.2) is 4.98 Å². The van der Waals surface area contributed by atoms with Crippen LogP contribution >= 0.6 is 11.3 Å². The predicted molar refractivity (Wildman–Crippen MR) is 132 cm³/mol. The number of hydrogen-bond acceptors (Lipinski definition) is 6. The van der Waals surface area contributed by atoms with Crippen LogP contribution in [0.4, 0.5) is 5.82 Å². The van der Waals surface area contributed by atoms with Crippen molar-refractivity contribution < 1.29 is 4.74 Å². The van der Waals surface area contributed by atoms with Gasteiger partial charge in [-0.3, -0.25) is 4.98 Å². The van der Waals surface area contributed by atoms with Crippen LogP contribution < -0.4 is 15.4 Å². The van der Waals surface area contributed by atoms with Crippen molar-refractivity contribution in [2.45, 2.75) is 44.8 Å². The van der Waals surface area contributed by atoms with Gasteiger partial charge in [0.2, 0.25) is 0 Å². The molecule has 0 aliphatic heterocycles. The maximum absolute atomic E-state index is 5.35. The van der Waals surface area contributed by atoms with Crippen LogP contribution in [0.2, 0.25) is 0 Å². The number of pyridine rings is 2. The van der Waals surface area contributed by atoms with Crippen LogP contribution in [0.5, 0.6) is 5.75 Å². The summed E-state index contributed by atoms with van der Waals surface area (Å²) >= 11 is 1.82. The number of anilines is 1. The Hall–Kier alpha value is -2.96. The Morgan fingerprint density at radius 1 is 1.06 bits per heavy atom. The van der Waals surface area contributed by atoms with Crippen LogP contribution in [0.15, 0.2) is 60.8 Å².